The molecular weight excluding hydrogens is 136 g/mol. The Morgan fingerprint density at radius 1 is 1.50 bits per heavy atom. The molecule has 0 saturated heterocycles. The van der Waals surface area contributed by atoms with Crippen molar-refractivity contribution >= 4 is 21.6 Å². The van der Waals surface area contributed by atoms with Crippen LogP contribution in [0.4, 0.5) is 0 Å². The van der Waals surface area contributed by atoms with E-state index in [1.54, 1.807) is 0 Å². The second-order valence-corrected chi connectivity index (χ2v) is 4.02. The minimum Gasteiger partial charge on any atom is -0.102 e. The van der Waals surface area contributed by atoms with Gasteiger partial charge in [0.05, 0.1) is 0 Å². The van der Waals surface area contributed by atoms with E-state index in [1.165, 1.54) is 12.2 Å². The van der Waals surface area contributed by atoms with Gasteiger partial charge < -0.3 is 0 Å². The van der Waals surface area contributed by atoms with Crippen LogP contribution in [0.3, 0.4) is 0 Å². The summed E-state index contributed by atoms with van der Waals surface area (Å²) in [6, 6.07) is 0. The van der Waals surface area contributed by atoms with Crippen molar-refractivity contribution in [3.05, 3.63) is 12.7 Å². The molecule has 0 saturated carbocycles. The molecule has 0 aliphatic heterocycles. The standard InChI is InChI=1S/C6H12S2/c1-3-5-7-8-6-4-2/h3H,1,4-6H2,2H3. The van der Waals surface area contributed by atoms with Gasteiger partial charge in [-0.25, -0.2) is 0 Å². The fourth-order valence-corrected chi connectivity index (χ4v) is 2.15. The second kappa shape index (κ2) is 7.44. The highest BCUT2D eigenvalue weighted by atomic mass is 33.1. The van der Waals surface area contributed by atoms with Gasteiger partial charge in [0.25, 0.3) is 0 Å². The highest BCUT2D eigenvalue weighted by Gasteiger charge is 1.81. The molecule has 0 aromatic rings. The first kappa shape index (κ1) is 8.44. The minimum absolute atomic E-state index is 1.07. The first-order valence-corrected chi connectivity index (χ1v) is 5.26. The molecule has 0 rings (SSSR count). The Balaban J connectivity index is 2.62. The molecule has 0 nitrogen and oxygen atoms in total. The van der Waals surface area contributed by atoms with Crippen molar-refractivity contribution in [3.63, 3.8) is 0 Å². The Kier molecular flexibility index (Phi) is 7.85. The maximum absolute atomic E-state index is 3.62. The third-order valence-corrected chi connectivity index (χ3v) is 3.08. The van der Waals surface area contributed by atoms with E-state index in [2.05, 4.69) is 13.5 Å². The summed E-state index contributed by atoms with van der Waals surface area (Å²) in [5.41, 5.74) is 0. The zero-order valence-corrected chi connectivity index (χ0v) is 6.86. The average molecular weight is 148 g/mol. The van der Waals surface area contributed by atoms with E-state index in [-0.39, 0.29) is 0 Å². The summed E-state index contributed by atoms with van der Waals surface area (Å²) in [4.78, 5) is 0. The predicted molar refractivity (Wildman–Crippen MR) is 45.4 cm³/mol. The van der Waals surface area contributed by atoms with Gasteiger partial charge in [-0.15, -0.1) is 6.58 Å². The molecular formula is C6H12S2. The molecule has 48 valence electrons. The molecule has 0 radical (unpaired) electrons. The van der Waals surface area contributed by atoms with Crippen molar-refractivity contribution in [2.24, 2.45) is 0 Å². The van der Waals surface area contributed by atoms with Crippen molar-refractivity contribution in [3.8, 4) is 0 Å². The summed E-state index contributed by atoms with van der Waals surface area (Å²) in [7, 11) is 3.80. The van der Waals surface area contributed by atoms with Gasteiger partial charge in [0.1, 0.15) is 0 Å². The lowest BCUT2D eigenvalue weighted by atomic mass is 10.6. The fourth-order valence-electron chi connectivity index (χ4n) is 0.238. The lowest BCUT2D eigenvalue weighted by molar-refractivity contribution is 1.11. The summed E-state index contributed by atoms with van der Waals surface area (Å²) in [6.07, 6.45) is 3.21. The lowest BCUT2D eigenvalue weighted by Gasteiger charge is -1.91. The quantitative estimate of drug-likeness (QED) is 0.334. The number of hydrogen-bond acceptors (Lipinski definition) is 2. The Bertz CT molecular complexity index is 52.5. The monoisotopic (exact) mass is 148 g/mol. The SMILES string of the molecule is C=CCSSCCC. The number of hydrogen-bond donors (Lipinski definition) is 0. The van der Waals surface area contributed by atoms with Crippen molar-refractivity contribution in [1.29, 1.82) is 0 Å². The van der Waals surface area contributed by atoms with Gasteiger partial charge in [0, 0.05) is 11.5 Å². The van der Waals surface area contributed by atoms with E-state index in [0.717, 1.165) is 5.75 Å². The summed E-state index contributed by atoms with van der Waals surface area (Å²) in [5, 5.41) is 0. The third-order valence-electron chi connectivity index (χ3n) is 0.557. The maximum Gasteiger partial charge on any atom is 0.0215 e. The van der Waals surface area contributed by atoms with Crippen LogP contribution in [0.1, 0.15) is 13.3 Å². The second-order valence-electron chi connectivity index (χ2n) is 1.40. The van der Waals surface area contributed by atoms with Gasteiger partial charge in [-0.2, -0.15) is 0 Å². The molecule has 0 bridgehead atoms. The zero-order chi connectivity index (χ0) is 6.24. The smallest absolute Gasteiger partial charge is 0.0215 e. The molecule has 0 atom stereocenters. The largest absolute Gasteiger partial charge is 0.102 e. The average Bonchev–Trinajstić information content (AvgIpc) is 1.81. The third kappa shape index (κ3) is 6.44. The molecule has 0 aliphatic rings. The van der Waals surface area contributed by atoms with Crippen molar-refractivity contribution < 1.29 is 0 Å². The van der Waals surface area contributed by atoms with Crippen LogP contribution in [0.15, 0.2) is 12.7 Å². The molecule has 0 aromatic heterocycles. The van der Waals surface area contributed by atoms with Gasteiger partial charge in [-0.05, 0) is 6.42 Å². The van der Waals surface area contributed by atoms with Gasteiger partial charge in [-0.3, -0.25) is 0 Å². The van der Waals surface area contributed by atoms with Crippen LogP contribution in [0.2, 0.25) is 0 Å². The molecule has 8 heavy (non-hydrogen) atoms. The van der Waals surface area contributed by atoms with E-state index >= 15 is 0 Å². The summed E-state index contributed by atoms with van der Waals surface area (Å²) < 4.78 is 0. The predicted octanol–water partition coefficient (Wildman–Crippen LogP) is 2.96. The Hall–Kier alpha value is 0.440. The molecule has 0 unspecified atom stereocenters. The molecule has 0 aliphatic carbocycles. The van der Waals surface area contributed by atoms with Crippen LogP contribution in [0.25, 0.3) is 0 Å². The van der Waals surface area contributed by atoms with Crippen molar-refractivity contribution in [2.45, 2.75) is 13.3 Å². The van der Waals surface area contributed by atoms with Crippen LogP contribution in [-0.2, 0) is 0 Å². The molecule has 0 heterocycles. The summed E-state index contributed by atoms with van der Waals surface area (Å²) >= 11 is 0. The molecule has 2 heteroatoms. The molecule has 0 N–H and O–H groups in total. The maximum atomic E-state index is 3.62. The van der Waals surface area contributed by atoms with E-state index in [4.69, 9.17) is 0 Å². The highest BCUT2D eigenvalue weighted by Crippen LogP contribution is 2.20. The van der Waals surface area contributed by atoms with Crippen LogP contribution in [0.5, 0.6) is 0 Å². The van der Waals surface area contributed by atoms with Crippen LogP contribution in [-0.4, -0.2) is 11.5 Å². The van der Waals surface area contributed by atoms with Gasteiger partial charge in [0.15, 0.2) is 0 Å². The van der Waals surface area contributed by atoms with Crippen LogP contribution < -0.4 is 0 Å². The lowest BCUT2D eigenvalue weighted by Crippen LogP contribution is -1.68. The van der Waals surface area contributed by atoms with Gasteiger partial charge in [-0.1, -0.05) is 34.6 Å². The van der Waals surface area contributed by atoms with Gasteiger partial charge >= 0.3 is 0 Å². The summed E-state index contributed by atoms with van der Waals surface area (Å²) in [5.74, 6) is 2.34. The molecule has 0 aromatic carbocycles. The normalized spacial score (nSPS) is 9.12. The van der Waals surface area contributed by atoms with Crippen molar-refractivity contribution in [1.82, 2.24) is 0 Å². The Morgan fingerprint density at radius 2 is 2.25 bits per heavy atom. The van der Waals surface area contributed by atoms with Gasteiger partial charge in [0.2, 0.25) is 0 Å². The van der Waals surface area contributed by atoms with Crippen molar-refractivity contribution in [2.75, 3.05) is 11.5 Å². The van der Waals surface area contributed by atoms with E-state index in [1.807, 2.05) is 27.7 Å². The topological polar surface area (TPSA) is 0 Å². The van der Waals surface area contributed by atoms with Crippen LogP contribution >= 0.6 is 21.6 Å². The number of rotatable bonds is 5. The van der Waals surface area contributed by atoms with E-state index < -0.39 is 0 Å². The molecule has 0 fully saturated rings. The zero-order valence-electron chi connectivity index (χ0n) is 5.22. The minimum atomic E-state index is 1.07. The van der Waals surface area contributed by atoms with E-state index in [9.17, 15) is 0 Å². The fraction of sp³-hybridized carbons (Fsp3) is 0.667. The molecule has 0 amide bonds. The first-order valence-electron chi connectivity index (χ1n) is 2.77. The van der Waals surface area contributed by atoms with E-state index in [0.29, 0.717) is 0 Å². The van der Waals surface area contributed by atoms with Crippen LogP contribution in [0, 0.1) is 0 Å². The highest BCUT2D eigenvalue weighted by molar-refractivity contribution is 8.76. The Morgan fingerprint density at radius 3 is 2.75 bits per heavy atom. The summed E-state index contributed by atoms with van der Waals surface area (Å²) in [6.45, 7) is 5.82. The Labute approximate surface area is 59.5 Å². The first-order chi connectivity index (χ1) is 3.91. The molecule has 0 spiro atoms.